The zero-order valence-corrected chi connectivity index (χ0v) is 18.6. The summed E-state index contributed by atoms with van der Waals surface area (Å²) in [7, 11) is 1.69. The molecule has 176 valence electrons. The summed E-state index contributed by atoms with van der Waals surface area (Å²) in [6, 6.07) is 4.99. The Bertz CT molecular complexity index is 1160. The van der Waals surface area contributed by atoms with Gasteiger partial charge in [0.05, 0.1) is 40.8 Å². The van der Waals surface area contributed by atoms with E-state index in [4.69, 9.17) is 9.84 Å². The number of alkyl halides is 2. The first-order valence-corrected chi connectivity index (χ1v) is 10.7. The molecule has 0 radical (unpaired) electrons. The molecule has 1 aliphatic heterocycles. The van der Waals surface area contributed by atoms with Gasteiger partial charge in [-0.25, -0.2) is 4.39 Å². The molecular formula is C23H26F3N5O2. The van der Waals surface area contributed by atoms with Gasteiger partial charge < -0.3 is 20.1 Å². The maximum absolute atomic E-state index is 14.9. The fourth-order valence-electron chi connectivity index (χ4n) is 4.12. The lowest BCUT2D eigenvalue weighted by Gasteiger charge is -2.22. The molecule has 0 unspecified atom stereocenters. The highest BCUT2D eigenvalue weighted by molar-refractivity contribution is 5.92. The molecule has 1 saturated heterocycles. The van der Waals surface area contributed by atoms with Gasteiger partial charge in [0.1, 0.15) is 12.4 Å². The van der Waals surface area contributed by atoms with Crippen molar-refractivity contribution in [2.45, 2.75) is 38.3 Å². The third-order valence-corrected chi connectivity index (χ3v) is 6.06. The van der Waals surface area contributed by atoms with Gasteiger partial charge >= 0.3 is 0 Å². The number of pyridine rings is 1. The van der Waals surface area contributed by atoms with Crippen LogP contribution >= 0.6 is 0 Å². The Morgan fingerprint density at radius 1 is 1.33 bits per heavy atom. The normalized spacial score (nSPS) is 17.5. The molecule has 0 spiro atoms. The Morgan fingerprint density at radius 3 is 2.82 bits per heavy atom. The third kappa shape index (κ3) is 4.45. The van der Waals surface area contributed by atoms with E-state index >= 15 is 0 Å². The number of hydrogen-bond donors (Lipinski definition) is 2. The highest BCUT2D eigenvalue weighted by Crippen LogP contribution is 2.34. The van der Waals surface area contributed by atoms with Gasteiger partial charge in [-0.3, -0.25) is 4.98 Å². The van der Waals surface area contributed by atoms with Crippen LogP contribution in [-0.4, -0.2) is 53.2 Å². The fraction of sp³-hybridized carbons (Fsp3) is 0.435. The lowest BCUT2D eigenvalue weighted by molar-refractivity contribution is -0.0583. The average Bonchev–Trinajstić information content (AvgIpc) is 3.30. The van der Waals surface area contributed by atoms with E-state index in [1.54, 1.807) is 27.2 Å². The van der Waals surface area contributed by atoms with E-state index in [2.05, 4.69) is 25.4 Å². The maximum atomic E-state index is 14.9. The third-order valence-electron chi connectivity index (χ3n) is 6.06. The molecule has 0 bridgehead atoms. The molecule has 2 atom stereocenters. The van der Waals surface area contributed by atoms with Crippen LogP contribution in [0.3, 0.4) is 0 Å². The molecule has 10 heteroatoms. The van der Waals surface area contributed by atoms with Crippen molar-refractivity contribution in [3.8, 4) is 0 Å². The number of hydrogen-bond acceptors (Lipinski definition) is 7. The van der Waals surface area contributed by atoms with Gasteiger partial charge in [0, 0.05) is 31.1 Å². The minimum Gasteiger partial charge on any atom is -0.390 e. The van der Waals surface area contributed by atoms with Gasteiger partial charge in [-0.2, -0.15) is 13.9 Å². The molecule has 3 heterocycles. The van der Waals surface area contributed by atoms with Gasteiger partial charge in [0.2, 0.25) is 0 Å². The molecule has 2 aromatic heterocycles. The minimum atomic E-state index is -3.68. The number of nitrogens with one attached hydrogen (secondary N) is 1. The molecule has 0 aliphatic carbocycles. The molecule has 0 saturated carbocycles. The Labute approximate surface area is 189 Å². The monoisotopic (exact) mass is 461 g/mol. The molecule has 3 aromatic rings. The molecular weight excluding hydrogens is 435 g/mol. The minimum absolute atomic E-state index is 0.0303. The van der Waals surface area contributed by atoms with E-state index in [-0.39, 0.29) is 11.7 Å². The number of fused-ring (bicyclic) bond motifs is 1. The number of rotatable bonds is 7. The van der Waals surface area contributed by atoms with Gasteiger partial charge in [0.25, 0.3) is 5.92 Å². The Hall–Kier alpha value is -2.98. The number of methoxy groups -OCH3 is 1. The highest BCUT2D eigenvalue weighted by Gasteiger charge is 2.35. The zero-order chi connectivity index (χ0) is 23.8. The average molecular weight is 461 g/mol. The van der Waals surface area contributed by atoms with Gasteiger partial charge in [-0.15, -0.1) is 5.10 Å². The summed E-state index contributed by atoms with van der Waals surface area (Å²) in [5, 5.41) is 21.1. The fourth-order valence-corrected chi connectivity index (χ4v) is 4.12. The van der Waals surface area contributed by atoms with E-state index in [1.165, 1.54) is 12.1 Å². The van der Waals surface area contributed by atoms with Crippen LogP contribution in [-0.2, 0) is 10.7 Å². The standard InChI is InChI=1S/C23H26F3N5O2/c1-13(17-5-4-6-19(20(17)24)23(25,26)12-32)28-22-18-9-15(31-8-7-16(11-31)33-3)10-27-21(18)14(2)29-30-22/h4-6,9-10,13,16,32H,7-8,11-12H2,1-3H3,(H,28,30)/t13-,16+/m1/s1. The van der Waals surface area contributed by atoms with Crippen LogP contribution in [0.2, 0.25) is 0 Å². The van der Waals surface area contributed by atoms with Crippen molar-refractivity contribution in [2.75, 3.05) is 37.0 Å². The van der Waals surface area contributed by atoms with Gasteiger partial charge in [0.15, 0.2) is 5.82 Å². The summed E-state index contributed by atoms with van der Waals surface area (Å²) in [5.41, 5.74) is 1.37. The van der Waals surface area contributed by atoms with Crippen molar-refractivity contribution in [1.82, 2.24) is 15.2 Å². The number of aliphatic hydroxyl groups excluding tert-OH is 1. The number of ether oxygens (including phenoxy) is 1. The van der Waals surface area contributed by atoms with E-state index < -0.39 is 30.0 Å². The van der Waals surface area contributed by atoms with Crippen LogP contribution in [0.25, 0.3) is 10.9 Å². The van der Waals surface area contributed by atoms with Crippen molar-refractivity contribution in [3.05, 3.63) is 53.1 Å². The van der Waals surface area contributed by atoms with E-state index in [9.17, 15) is 13.2 Å². The molecule has 1 aromatic carbocycles. The molecule has 1 aliphatic rings. The largest absolute Gasteiger partial charge is 0.390 e. The summed E-state index contributed by atoms with van der Waals surface area (Å²) in [6.07, 6.45) is 2.85. The first-order valence-electron chi connectivity index (χ1n) is 10.7. The Kier molecular flexibility index (Phi) is 6.40. The van der Waals surface area contributed by atoms with E-state index in [1.807, 2.05) is 6.07 Å². The first-order chi connectivity index (χ1) is 15.7. The summed E-state index contributed by atoms with van der Waals surface area (Å²) < 4.78 is 48.3. The lowest BCUT2D eigenvalue weighted by atomic mass is 10.00. The number of aryl methyl sites for hydroxylation is 1. The highest BCUT2D eigenvalue weighted by atomic mass is 19.3. The van der Waals surface area contributed by atoms with Crippen molar-refractivity contribution in [2.24, 2.45) is 0 Å². The summed E-state index contributed by atoms with van der Waals surface area (Å²) in [6.45, 7) is 3.55. The van der Waals surface area contributed by atoms with Crippen LogP contribution in [0, 0.1) is 12.7 Å². The maximum Gasteiger partial charge on any atom is 0.298 e. The smallest absolute Gasteiger partial charge is 0.298 e. The summed E-state index contributed by atoms with van der Waals surface area (Å²) >= 11 is 0. The van der Waals surface area contributed by atoms with Crippen LogP contribution in [0.15, 0.2) is 30.5 Å². The number of nitrogens with zero attached hydrogens (tertiary/aromatic N) is 4. The summed E-state index contributed by atoms with van der Waals surface area (Å²) in [5.74, 6) is -4.37. The second kappa shape index (κ2) is 9.11. The van der Waals surface area contributed by atoms with Crippen molar-refractivity contribution in [3.63, 3.8) is 0 Å². The number of halogens is 3. The summed E-state index contributed by atoms with van der Waals surface area (Å²) in [4.78, 5) is 6.74. The molecule has 33 heavy (non-hydrogen) atoms. The molecule has 0 amide bonds. The van der Waals surface area contributed by atoms with Gasteiger partial charge in [-0.05, 0) is 32.4 Å². The van der Waals surface area contributed by atoms with Crippen LogP contribution < -0.4 is 10.2 Å². The van der Waals surface area contributed by atoms with Gasteiger partial charge in [-0.1, -0.05) is 12.1 Å². The number of aromatic nitrogens is 3. The van der Waals surface area contributed by atoms with E-state index in [0.717, 1.165) is 31.3 Å². The number of benzene rings is 1. The predicted molar refractivity (Wildman–Crippen MR) is 119 cm³/mol. The van der Waals surface area contributed by atoms with Crippen LogP contribution in [0.4, 0.5) is 24.7 Å². The van der Waals surface area contributed by atoms with Crippen molar-refractivity contribution in [1.29, 1.82) is 0 Å². The Balaban J connectivity index is 1.68. The molecule has 2 N–H and O–H groups in total. The molecule has 4 rings (SSSR count). The quantitative estimate of drug-likeness (QED) is 0.551. The SMILES string of the molecule is CO[C@H]1CCN(c2cnc3c(C)nnc(N[C@H](C)c4cccc(C(F)(F)CO)c4F)c3c2)C1. The molecule has 1 fully saturated rings. The topological polar surface area (TPSA) is 83.4 Å². The molecule has 7 nitrogen and oxygen atoms in total. The van der Waals surface area contributed by atoms with Crippen molar-refractivity contribution < 1.29 is 23.0 Å². The first kappa shape index (κ1) is 23.2. The van der Waals surface area contributed by atoms with Crippen LogP contribution in [0.5, 0.6) is 0 Å². The van der Waals surface area contributed by atoms with Crippen LogP contribution in [0.1, 0.15) is 36.2 Å². The van der Waals surface area contributed by atoms with E-state index in [0.29, 0.717) is 22.4 Å². The predicted octanol–water partition coefficient (Wildman–Crippen LogP) is 3.95. The second-order valence-electron chi connectivity index (χ2n) is 8.25. The number of anilines is 2. The Morgan fingerprint density at radius 2 is 2.12 bits per heavy atom. The number of aliphatic hydroxyl groups is 1. The second-order valence-corrected chi connectivity index (χ2v) is 8.25. The zero-order valence-electron chi connectivity index (χ0n) is 18.6. The van der Waals surface area contributed by atoms with Crippen molar-refractivity contribution >= 4 is 22.4 Å². The lowest BCUT2D eigenvalue weighted by Crippen LogP contribution is -2.22.